The van der Waals surface area contributed by atoms with E-state index in [2.05, 4.69) is 22.1 Å². The second-order valence-corrected chi connectivity index (χ2v) is 7.18. The molecular weight excluding hydrogens is 346 g/mol. The minimum atomic E-state index is -0.315. The largest absolute Gasteiger partial charge is 0.329 e. The van der Waals surface area contributed by atoms with E-state index in [0.29, 0.717) is 5.13 Å². The number of nitrogens with zero attached hydrogens (tertiary/aromatic N) is 4. The highest BCUT2D eigenvalue weighted by molar-refractivity contribution is 8.01. The number of imidazole rings is 1. The lowest BCUT2D eigenvalue weighted by molar-refractivity contribution is -0.116. The summed E-state index contributed by atoms with van der Waals surface area (Å²) in [7, 11) is 1.69. The average molecular weight is 361 g/mol. The zero-order valence-corrected chi connectivity index (χ0v) is 14.6. The Kier molecular flexibility index (Phi) is 4.81. The molecule has 3 aromatic rings. The first-order chi connectivity index (χ1) is 11.6. The molecule has 1 amide bonds. The number of carbonyl (C=O) groups is 1. The molecule has 0 unspecified atom stereocenters. The van der Waals surface area contributed by atoms with Gasteiger partial charge in [-0.15, -0.1) is 16.8 Å². The van der Waals surface area contributed by atoms with Gasteiger partial charge in [-0.2, -0.15) is 0 Å². The van der Waals surface area contributed by atoms with Crippen molar-refractivity contribution >= 4 is 45.2 Å². The highest BCUT2D eigenvalue weighted by Gasteiger charge is 2.14. The van der Waals surface area contributed by atoms with Crippen LogP contribution in [-0.2, 0) is 18.4 Å². The monoisotopic (exact) mass is 361 g/mol. The van der Waals surface area contributed by atoms with E-state index in [0.717, 1.165) is 21.1 Å². The van der Waals surface area contributed by atoms with Crippen molar-refractivity contribution < 1.29 is 4.79 Å². The fraction of sp³-hybridized carbons (Fsp3) is 0.200. The van der Waals surface area contributed by atoms with Crippen molar-refractivity contribution in [1.82, 2.24) is 19.3 Å². The maximum Gasteiger partial charge on any atom is 0.329 e. The predicted molar refractivity (Wildman–Crippen MR) is 96.6 cm³/mol. The number of anilines is 1. The molecule has 2 aromatic heterocycles. The Bertz CT molecular complexity index is 956. The van der Waals surface area contributed by atoms with Crippen LogP contribution in [0.25, 0.3) is 11.0 Å². The normalized spacial score (nSPS) is 10.9. The van der Waals surface area contributed by atoms with Crippen molar-refractivity contribution in [3.05, 3.63) is 47.4 Å². The minimum Gasteiger partial charge on any atom is -0.299 e. The van der Waals surface area contributed by atoms with Gasteiger partial charge in [-0.3, -0.25) is 19.2 Å². The summed E-state index contributed by atoms with van der Waals surface area (Å²) in [6, 6.07) is 7.36. The molecule has 1 N–H and O–H groups in total. The third kappa shape index (κ3) is 3.26. The Labute approximate surface area is 146 Å². The summed E-state index contributed by atoms with van der Waals surface area (Å²) in [5, 5.41) is 11.0. The quantitative estimate of drug-likeness (QED) is 0.413. The molecule has 0 fully saturated rings. The highest BCUT2D eigenvalue weighted by atomic mass is 32.2. The second kappa shape index (κ2) is 7.02. The van der Waals surface area contributed by atoms with Crippen LogP contribution in [0.3, 0.4) is 0 Å². The van der Waals surface area contributed by atoms with Crippen molar-refractivity contribution in [2.45, 2.75) is 10.9 Å². The molecule has 1 aromatic carbocycles. The number of thioether (sulfide) groups is 1. The van der Waals surface area contributed by atoms with E-state index in [9.17, 15) is 9.59 Å². The molecular formula is C15H15N5O2S2. The summed E-state index contributed by atoms with van der Waals surface area (Å²) in [4.78, 5) is 24.6. The number of benzene rings is 1. The molecule has 0 radical (unpaired) electrons. The molecule has 0 aliphatic carbocycles. The molecule has 0 saturated carbocycles. The number of hydrogen-bond donors (Lipinski definition) is 1. The lowest BCUT2D eigenvalue weighted by Gasteiger charge is -2.02. The molecule has 0 aliphatic rings. The first-order valence-corrected chi connectivity index (χ1v) is 8.91. The number of aromatic nitrogens is 4. The van der Waals surface area contributed by atoms with Gasteiger partial charge in [-0.05, 0) is 12.1 Å². The Hall–Kier alpha value is -2.39. The van der Waals surface area contributed by atoms with Gasteiger partial charge in [-0.1, -0.05) is 41.3 Å². The summed E-state index contributed by atoms with van der Waals surface area (Å²) in [5.41, 5.74) is 1.28. The molecule has 7 nitrogen and oxygen atoms in total. The number of para-hydroxylation sites is 2. The number of nitrogens with one attached hydrogen (secondary N) is 1. The van der Waals surface area contributed by atoms with Crippen LogP contribution in [0.4, 0.5) is 5.13 Å². The van der Waals surface area contributed by atoms with E-state index in [1.54, 1.807) is 13.1 Å². The van der Waals surface area contributed by atoms with Gasteiger partial charge < -0.3 is 0 Å². The number of rotatable bonds is 6. The third-order valence-corrected chi connectivity index (χ3v) is 5.30. The van der Waals surface area contributed by atoms with Gasteiger partial charge in [0, 0.05) is 12.8 Å². The summed E-state index contributed by atoms with van der Waals surface area (Å²) >= 11 is 2.79. The molecule has 0 saturated heterocycles. The Morgan fingerprint density at radius 1 is 1.38 bits per heavy atom. The van der Waals surface area contributed by atoms with Crippen LogP contribution in [0.5, 0.6) is 0 Å². The zero-order chi connectivity index (χ0) is 17.1. The van der Waals surface area contributed by atoms with Gasteiger partial charge in [0.25, 0.3) is 0 Å². The van der Waals surface area contributed by atoms with E-state index in [-0.39, 0.29) is 18.1 Å². The molecule has 124 valence electrons. The Morgan fingerprint density at radius 2 is 2.12 bits per heavy atom. The number of aryl methyl sites for hydroxylation is 1. The molecule has 9 heteroatoms. The summed E-state index contributed by atoms with van der Waals surface area (Å²) < 4.78 is 3.73. The SMILES string of the molecule is C=CCSc1nnc(NC(=O)Cn2c(=O)n(C)c3ccccc32)s1. The smallest absolute Gasteiger partial charge is 0.299 e. The van der Waals surface area contributed by atoms with Crippen LogP contribution in [0.2, 0.25) is 0 Å². The number of hydrogen-bond acceptors (Lipinski definition) is 6. The van der Waals surface area contributed by atoms with Gasteiger partial charge in [0.15, 0.2) is 4.34 Å². The van der Waals surface area contributed by atoms with E-state index in [1.807, 2.05) is 24.3 Å². The van der Waals surface area contributed by atoms with E-state index >= 15 is 0 Å². The van der Waals surface area contributed by atoms with Crippen LogP contribution in [0.1, 0.15) is 0 Å². The van der Waals surface area contributed by atoms with Crippen LogP contribution < -0.4 is 11.0 Å². The van der Waals surface area contributed by atoms with E-state index < -0.39 is 0 Å². The van der Waals surface area contributed by atoms with Crippen molar-refractivity contribution in [3.8, 4) is 0 Å². The number of amides is 1. The fourth-order valence-corrected chi connectivity index (χ4v) is 3.80. The molecule has 0 bridgehead atoms. The standard InChI is InChI=1S/C15H15N5O2S2/c1-3-8-23-14-18-17-13(24-14)16-12(21)9-20-11-7-5-4-6-10(11)19(2)15(20)22/h3-7H,1,8-9H2,2H3,(H,16,17,21). The van der Waals surface area contributed by atoms with Gasteiger partial charge in [-0.25, -0.2) is 4.79 Å². The van der Waals surface area contributed by atoms with Gasteiger partial charge >= 0.3 is 5.69 Å². The highest BCUT2D eigenvalue weighted by Crippen LogP contribution is 2.25. The maximum atomic E-state index is 12.3. The van der Waals surface area contributed by atoms with Gasteiger partial charge in [0.1, 0.15) is 6.54 Å². The van der Waals surface area contributed by atoms with E-state index in [1.165, 1.54) is 32.2 Å². The Morgan fingerprint density at radius 3 is 2.88 bits per heavy atom. The summed E-state index contributed by atoms with van der Waals surface area (Å²) in [6.45, 7) is 3.57. The van der Waals surface area contributed by atoms with Crippen molar-refractivity contribution in [2.75, 3.05) is 11.1 Å². The van der Waals surface area contributed by atoms with Crippen molar-refractivity contribution in [2.24, 2.45) is 7.05 Å². The first kappa shape index (κ1) is 16.5. The topological polar surface area (TPSA) is 81.8 Å². The van der Waals surface area contributed by atoms with Crippen LogP contribution >= 0.6 is 23.1 Å². The van der Waals surface area contributed by atoms with Gasteiger partial charge in [0.2, 0.25) is 11.0 Å². The average Bonchev–Trinajstić information content (AvgIpc) is 3.12. The first-order valence-electron chi connectivity index (χ1n) is 7.11. The van der Waals surface area contributed by atoms with Crippen LogP contribution in [0, 0.1) is 0 Å². The zero-order valence-electron chi connectivity index (χ0n) is 12.9. The maximum absolute atomic E-state index is 12.3. The predicted octanol–water partition coefficient (Wildman–Crippen LogP) is 2.11. The molecule has 24 heavy (non-hydrogen) atoms. The lowest BCUT2D eigenvalue weighted by Crippen LogP contribution is -2.28. The Balaban J connectivity index is 1.76. The molecule has 0 atom stereocenters. The van der Waals surface area contributed by atoms with Crippen molar-refractivity contribution in [1.29, 1.82) is 0 Å². The molecule has 0 spiro atoms. The number of carbonyl (C=O) groups excluding carboxylic acids is 1. The third-order valence-electron chi connectivity index (χ3n) is 3.33. The van der Waals surface area contributed by atoms with Crippen LogP contribution in [-0.4, -0.2) is 31.0 Å². The summed E-state index contributed by atoms with van der Waals surface area (Å²) in [5.74, 6) is 0.415. The molecule has 3 rings (SSSR count). The number of fused-ring (bicyclic) bond motifs is 1. The minimum absolute atomic E-state index is 0.0745. The molecule has 0 aliphatic heterocycles. The van der Waals surface area contributed by atoms with Gasteiger partial charge in [0.05, 0.1) is 11.0 Å². The summed E-state index contributed by atoms with van der Waals surface area (Å²) in [6.07, 6.45) is 1.78. The van der Waals surface area contributed by atoms with E-state index in [4.69, 9.17) is 0 Å². The fourth-order valence-electron chi connectivity index (χ4n) is 2.27. The lowest BCUT2D eigenvalue weighted by atomic mass is 10.3. The molecule has 2 heterocycles. The van der Waals surface area contributed by atoms with Crippen LogP contribution in [0.15, 0.2) is 46.1 Å². The van der Waals surface area contributed by atoms with Crippen molar-refractivity contribution in [3.63, 3.8) is 0 Å². The second-order valence-electron chi connectivity index (χ2n) is 4.94.